The van der Waals surface area contributed by atoms with Gasteiger partial charge in [0.05, 0.1) is 5.38 Å². The number of alkyl halides is 1. The van der Waals surface area contributed by atoms with Gasteiger partial charge in [0.25, 0.3) is 0 Å². The monoisotopic (exact) mass is 200 g/mol. The second-order valence-electron chi connectivity index (χ2n) is 2.81. The molecule has 0 radical (unpaired) electrons. The third kappa shape index (κ3) is 2.30. The molecule has 0 aromatic carbocycles. The Morgan fingerprint density at radius 2 is 1.82 bits per heavy atom. The first-order valence-corrected chi connectivity index (χ1v) is 5.47. The summed E-state index contributed by atoms with van der Waals surface area (Å²) >= 11 is 5.65. The molecule has 1 aliphatic carbocycles. The molecule has 1 rings (SSSR count). The highest BCUT2D eigenvalue weighted by Crippen LogP contribution is 2.28. The Morgan fingerprint density at radius 3 is 2.18 bits per heavy atom. The normalized spacial score (nSPS) is 33.6. The van der Waals surface area contributed by atoms with Gasteiger partial charge in [0.15, 0.2) is 0 Å². The lowest BCUT2D eigenvalue weighted by Gasteiger charge is -2.22. The minimum atomic E-state index is -4.41. The maximum Gasteiger partial charge on any atom is 0.306 e. The zero-order valence-corrected chi connectivity index (χ0v) is 7.54. The molecule has 11 heavy (non-hydrogen) atoms. The van der Waals surface area contributed by atoms with Crippen LogP contribution in [0, 0.1) is 0 Å². The fraction of sp³-hybridized carbons (Fsp3) is 1.00. The molecule has 0 aromatic rings. The molecule has 2 unspecified atom stereocenters. The van der Waals surface area contributed by atoms with E-state index >= 15 is 0 Å². The van der Waals surface area contributed by atoms with Crippen LogP contribution in [0.1, 0.15) is 25.7 Å². The van der Waals surface area contributed by atoms with E-state index in [0.717, 1.165) is 12.8 Å². The highest BCUT2D eigenvalue weighted by molar-refractivity contribution is 7.87. The Hall–Kier alpha value is 0.170. The lowest BCUT2D eigenvalue weighted by atomic mass is 10.00. The molecular weight excluding hydrogens is 191 g/mol. The van der Waals surface area contributed by atoms with Gasteiger partial charge in [0.1, 0.15) is 5.25 Å². The predicted octanol–water partition coefficient (Wildman–Crippen LogP) is 1.84. The topological polar surface area (TPSA) is 34.1 Å². The first-order chi connectivity index (χ1) is 5.02. The Morgan fingerprint density at radius 1 is 1.27 bits per heavy atom. The molecule has 1 saturated carbocycles. The number of hydrogen-bond donors (Lipinski definition) is 0. The van der Waals surface area contributed by atoms with Crippen LogP contribution < -0.4 is 0 Å². The Bertz CT molecular complexity index is 227. The van der Waals surface area contributed by atoms with Crippen molar-refractivity contribution in [2.75, 3.05) is 0 Å². The van der Waals surface area contributed by atoms with Gasteiger partial charge in [-0.1, -0.05) is 12.8 Å². The average Bonchev–Trinajstić information content (AvgIpc) is 1.86. The molecule has 1 aliphatic rings. The smallest absolute Gasteiger partial charge is 0.194 e. The van der Waals surface area contributed by atoms with Gasteiger partial charge in [-0.2, -0.15) is 8.42 Å². The highest BCUT2D eigenvalue weighted by Gasteiger charge is 2.34. The van der Waals surface area contributed by atoms with Crippen molar-refractivity contribution in [3.05, 3.63) is 0 Å². The molecule has 66 valence electrons. The van der Waals surface area contributed by atoms with Gasteiger partial charge >= 0.3 is 10.2 Å². The first-order valence-electron chi connectivity index (χ1n) is 3.59. The Balaban J connectivity index is 2.70. The van der Waals surface area contributed by atoms with E-state index in [0.29, 0.717) is 12.8 Å². The molecule has 0 bridgehead atoms. The van der Waals surface area contributed by atoms with Crippen molar-refractivity contribution in [3.63, 3.8) is 0 Å². The first kappa shape index (κ1) is 9.26. The van der Waals surface area contributed by atoms with Crippen LogP contribution in [0.5, 0.6) is 0 Å². The van der Waals surface area contributed by atoms with Crippen molar-refractivity contribution < 1.29 is 12.3 Å². The van der Waals surface area contributed by atoms with Gasteiger partial charge in [-0.15, -0.1) is 15.5 Å². The quantitative estimate of drug-likeness (QED) is 0.478. The fourth-order valence-electron chi connectivity index (χ4n) is 1.37. The van der Waals surface area contributed by atoms with E-state index in [9.17, 15) is 12.3 Å². The van der Waals surface area contributed by atoms with Crippen LogP contribution in [0.2, 0.25) is 0 Å². The molecule has 0 aliphatic heterocycles. The lowest BCUT2D eigenvalue weighted by Crippen LogP contribution is -2.30. The minimum absolute atomic E-state index is 0.368. The van der Waals surface area contributed by atoms with E-state index in [1.165, 1.54) is 0 Å². The molecule has 0 N–H and O–H groups in total. The van der Waals surface area contributed by atoms with Crippen molar-refractivity contribution in [2.24, 2.45) is 0 Å². The molecule has 0 saturated heterocycles. The van der Waals surface area contributed by atoms with Crippen LogP contribution >= 0.6 is 11.6 Å². The summed E-state index contributed by atoms with van der Waals surface area (Å²) in [5.41, 5.74) is 0. The second kappa shape index (κ2) is 3.27. The van der Waals surface area contributed by atoms with Crippen LogP contribution in [-0.4, -0.2) is 19.0 Å². The third-order valence-electron chi connectivity index (χ3n) is 1.98. The predicted molar refractivity (Wildman–Crippen MR) is 41.9 cm³/mol. The SMILES string of the molecule is O=S(=O)(F)C1CCCCC1Cl. The van der Waals surface area contributed by atoms with Crippen LogP contribution in [0.4, 0.5) is 3.89 Å². The summed E-state index contributed by atoms with van der Waals surface area (Å²) in [7, 11) is -4.41. The summed E-state index contributed by atoms with van der Waals surface area (Å²) in [6.07, 6.45) is 2.64. The van der Waals surface area contributed by atoms with Crippen molar-refractivity contribution >= 4 is 21.8 Å². The van der Waals surface area contributed by atoms with Gasteiger partial charge in [-0.25, -0.2) is 0 Å². The van der Waals surface area contributed by atoms with Gasteiger partial charge in [0.2, 0.25) is 0 Å². The van der Waals surface area contributed by atoms with Crippen molar-refractivity contribution in [1.82, 2.24) is 0 Å². The molecule has 0 spiro atoms. The zero-order valence-electron chi connectivity index (χ0n) is 5.96. The molecule has 1 fully saturated rings. The summed E-state index contributed by atoms with van der Waals surface area (Å²) in [6, 6.07) is 0. The van der Waals surface area contributed by atoms with E-state index in [-0.39, 0.29) is 0 Å². The maximum atomic E-state index is 12.4. The van der Waals surface area contributed by atoms with Gasteiger partial charge in [0, 0.05) is 0 Å². The summed E-state index contributed by atoms with van der Waals surface area (Å²) in [4.78, 5) is 0. The number of halogens is 2. The van der Waals surface area contributed by atoms with Crippen molar-refractivity contribution in [1.29, 1.82) is 0 Å². The third-order valence-corrected chi connectivity index (χ3v) is 3.94. The average molecular weight is 201 g/mol. The molecular formula is C6H10ClFO2S. The lowest BCUT2D eigenvalue weighted by molar-refractivity contribution is 0.467. The summed E-state index contributed by atoms with van der Waals surface area (Å²) < 4.78 is 33.3. The highest BCUT2D eigenvalue weighted by atomic mass is 35.5. The van der Waals surface area contributed by atoms with E-state index in [2.05, 4.69) is 0 Å². The number of hydrogen-bond acceptors (Lipinski definition) is 2. The zero-order chi connectivity index (χ0) is 8.48. The van der Waals surface area contributed by atoms with E-state index in [4.69, 9.17) is 11.6 Å². The van der Waals surface area contributed by atoms with Crippen LogP contribution in [0.25, 0.3) is 0 Å². The van der Waals surface area contributed by atoms with Crippen molar-refractivity contribution in [3.8, 4) is 0 Å². The maximum absolute atomic E-state index is 12.4. The fourth-order valence-corrected chi connectivity index (χ4v) is 2.95. The van der Waals surface area contributed by atoms with Gasteiger partial charge in [-0.05, 0) is 12.8 Å². The van der Waals surface area contributed by atoms with E-state index < -0.39 is 20.9 Å². The minimum Gasteiger partial charge on any atom is -0.194 e. The van der Waals surface area contributed by atoms with Gasteiger partial charge < -0.3 is 0 Å². The van der Waals surface area contributed by atoms with Gasteiger partial charge in [-0.3, -0.25) is 0 Å². The molecule has 2 nitrogen and oxygen atoms in total. The van der Waals surface area contributed by atoms with E-state index in [1.807, 2.05) is 0 Å². The molecule has 2 atom stereocenters. The Kier molecular flexibility index (Phi) is 2.75. The summed E-state index contributed by atoms with van der Waals surface area (Å²) in [5, 5.41) is -1.49. The molecule has 0 heterocycles. The summed E-state index contributed by atoms with van der Waals surface area (Å²) in [6.45, 7) is 0. The molecule has 0 amide bonds. The standard InChI is InChI=1S/C6H10ClFO2S/c7-5-3-1-2-4-6(5)11(8,9)10/h5-6H,1-4H2. The molecule has 0 aromatic heterocycles. The largest absolute Gasteiger partial charge is 0.306 e. The molecule has 5 heteroatoms. The summed E-state index contributed by atoms with van der Waals surface area (Å²) in [5.74, 6) is 0. The second-order valence-corrected chi connectivity index (χ2v) is 4.93. The van der Waals surface area contributed by atoms with Crippen molar-refractivity contribution in [2.45, 2.75) is 36.3 Å². The van der Waals surface area contributed by atoms with Crippen LogP contribution in [0.3, 0.4) is 0 Å². The van der Waals surface area contributed by atoms with Crippen LogP contribution in [0.15, 0.2) is 0 Å². The number of rotatable bonds is 1. The van der Waals surface area contributed by atoms with Crippen LogP contribution in [-0.2, 0) is 10.2 Å². The Labute approximate surface area is 70.9 Å². The van der Waals surface area contributed by atoms with E-state index in [1.54, 1.807) is 0 Å².